The number of amides is 3. The van der Waals surface area contributed by atoms with Gasteiger partial charge in [0.15, 0.2) is 0 Å². The Morgan fingerprint density at radius 3 is 2.55 bits per heavy atom. The number of hydrogen-bond donors (Lipinski definition) is 3. The molecule has 1 aromatic rings. The van der Waals surface area contributed by atoms with Crippen LogP contribution in [0.2, 0.25) is 0 Å². The molecule has 220 valence electrons. The number of anilines is 1. The third-order valence-corrected chi connectivity index (χ3v) is 11.1. The summed E-state index contributed by atoms with van der Waals surface area (Å²) in [5.41, 5.74) is 0.639. The number of fused-ring (bicyclic) bond motifs is 1. The largest absolute Gasteiger partial charge is 0.494 e. The Labute approximate surface area is 240 Å². The van der Waals surface area contributed by atoms with Crippen LogP contribution >= 0.6 is 11.8 Å². The van der Waals surface area contributed by atoms with Gasteiger partial charge in [-0.15, -0.1) is 11.8 Å². The van der Waals surface area contributed by atoms with E-state index in [1.54, 1.807) is 28.8 Å². The number of morpholine rings is 1. The van der Waals surface area contributed by atoms with Crippen LogP contribution < -0.4 is 15.4 Å². The van der Waals surface area contributed by atoms with E-state index in [0.29, 0.717) is 51.4 Å². The fraction of sp³-hybridized carbons (Fsp3) is 0.690. The maximum Gasteiger partial charge on any atom is 0.244 e. The van der Waals surface area contributed by atoms with Crippen molar-refractivity contribution in [2.45, 2.75) is 61.6 Å². The van der Waals surface area contributed by atoms with E-state index in [1.165, 1.54) is 0 Å². The van der Waals surface area contributed by atoms with Crippen molar-refractivity contribution >= 4 is 35.2 Å². The summed E-state index contributed by atoms with van der Waals surface area (Å²) in [6.45, 7) is 10.4. The van der Waals surface area contributed by atoms with Gasteiger partial charge in [-0.3, -0.25) is 19.3 Å². The first kappa shape index (κ1) is 29.2. The van der Waals surface area contributed by atoms with Crippen LogP contribution in [0.1, 0.15) is 40.0 Å². The molecule has 4 aliphatic heterocycles. The van der Waals surface area contributed by atoms with Gasteiger partial charge < -0.3 is 30.1 Å². The summed E-state index contributed by atoms with van der Waals surface area (Å²) < 4.78 is 9.76. The van der Waals surface area contributed by atoms with Crippen molar-refractivity contribution in [1.29, 1.82) is 0 Å². The summed E-state index contributed by atoms with van der Waals surface area (Å²) in [5, 5.41) is 16.4. The highest BCUT2D eigenvalue weighted by atomic mass is 32.2. The summed E-state index contributed by atoms with van der Waals surface area (Å²) in [6.07, 6.45) is 1.94. The Hall–Kier alpha value is -2.34. The van der Waals surface area contributed by atoms with Gasteiger partial charge in [-0.2, -0.15) is 0 Å². The normalized spacial score (nSPS) is 32.1. The van der Waals surface area contributed by atoms with Crippen molar-refractivity contribution in [3.63, 3.8) is 0 Å². The lowest BCUT2D eigenvalue weighted by Gasteiger charge is -2.37. The topological polar surface area (TPSA) is 120 Å². The van der Waals surface area contributed by atoms with E-state index in [9.17, 15) is 19.5 Å². The molecule has 4 heterocycles. The first-order valence-corrected chi connectivity index (χ1v) is 15.3. The molecule has 2 unspecified atom stereocenters. The summed E-state index contributed by atoms with van der Waals surface area (Å²) in [7, 11) is 0. The van der Waals surface area contributed by atoms with E-state index in [4.69, 9.17) is 9.47 Å². The zero-order valence-corrected chi connectivity index (χ0v) is 24.5. The van der Waals surface area contributed by atoms with Crippen molar-refractivity contribution in [3.05, 3.63) is 24.3 Å². The number of aliphatic hydroxyl groups is 1. The number of benzene rings is 1. The molecule has 10 nitrogen and oxygen atoms in total. The Morgan fingerprint density at radius 2 is 1.90 bits per heavy atom. The number of nitrogens with one attached hydrogen (secondary N) is 2. The smallest absolute Gasteiger partial charge is 0.244 e. The summed E-state index contributed by atoms with van der Waals surface area (Å²) >= 11 is 1.64. The van der Waals surface area contributed by atoms with Crippen molar-refractivity contribution in [2.24, 2.45) is 11.8 Å². The summed E-state index contributed by atoms with van der Waals surface area (Å²) in [5.74, 6) is -1.09. The molecule has 5 rings (SSSR count). The molecule has 40 heavy (non-hydrogen) atoms. The van der Waals surface area contributed by atoms with Crippen LogP contribution in [-0.2, 0) is 19.1 Å². The molecular weight excluding hydrogens is 532 g/mol. The van der Waals surface area contributed by atoms with Gasteiger partial charge in [-0.05, 0) is 57.4 Å². The second kappa shape index (κ2) is 11.9. The minimum absolute atomic E-state index is 0.194. The number of carbonyl (C=O) groups is 3. The maximum atomic E-state index is 14.2. The van der Waals surface area contributed by atoms with Crippen molar-refractivity contribution in [3.8, 4) is 5.75 Å². The van der Waals surface area contributed by atoms with E-state index in [0.717, 1.165) is 25.3 Å². The van der Waals surface area contributed by atoms with E-state index in [-0.39, 0.29) is 24.3 Å². The second-order valence-electron chi connectivity index (χ2n) is 11.4. The molecule has 3 N–H and O–H groups in total. The van der Waals surface area contributed by atoms with Gasteiger partial charge in [0.1, 0.15) is 11.8 Å². The van der Waals surface area contributed by atoms with Gasteiger partial charge >= 0.3 is 0 Å². The molecule has 4 fully saturated rings. The van der Waals surface area contributed by atoms with Crippen LogP contribution in [0.25, 0.3) is 0 Å². The predicted molar refractivity (Wildman–Crippen MR) is 153 cm³/mol. The standard InChI is InChI=1S/C29H42N4O6S/c1-4-20(18-34)33-24(26(36)30-12-13-32-14-16-38-17-15-32)29-11-10-28(3,40-29)22(23(29)27(33)37)25(35)31-19-6-8-21(9-7-19)39-5-2/h6-9,20,22-24,34H,4-5,10-18H2,1-3H3,(H,30,36)(H,31,35)/t20-,22-,23-,24?,28+,29?/m0/s1. The zero-order chi connectivity index (χ0) is 28.5. The third-order valence-electron chi connectivity index (χ3n) is 9.08. The van der Waals surface area contributed by atoms with E-state index in [2.05, 4.69) is 22.5 Å². The van der Waals surface area contributed by atoms with Crippen LogP contribution in [-0.4, -0.2) is 107 Å². The molecule has 1 aromatic carbocycles. The molecule has 0 saturated carbocycles. The number of carbonyl (C=O) groups excluding carboxylic acids is 3. The van der Waals surface area contributed by atoms with Crippen molar-refractivity contribution in [1.82, 2.24) is 15.1 Å². The van der Waals surface area contributed by atoms with Crippen LogP contribution in [0.4, 0.5) is 5.69 Å². The molecule has 11 heteroatoms. The van der Waals surface area contributed by atoms with Crippen LogP contribution in [0.15, 0.2) is 24.3 Å². The summed E-state index contributed by atoms with van der Waals surface area (Å²) in [4.78, 5) is 45.8. The Balaban J connectivity index is 1.39. The average molecular weight is 575 g/mol. The monoisotopic (exact) mass is 574 g/mol. The van der Waals surface area contributed by atoms with E-state index in [1.807, 2.05) is 26.0 Å². The molecule has 1 spiro atoms. The molecular formula is C29H42N4O6S. The number of nitrogens with zero attached hydrogens (tertiary/aromatic N) is 2. The van der Waals surface area contributed by atoms with Gasteiger partial charge in [0.05, 0.1) is 49.1 Å². The van der Waals surface area contributed by atoms with E-state index >= 15 is 0 Å². The van der Waals surface area contributed by atoms with Crippen molar-refractivity contribution < 1.29 is 29.0 Å². The molecule has 0 aromatic heterocycles. The fourth-order valence-electron chi connectivity index (χ4n) is 7.15. The van der Waals surface area contributed by atoms with Gasteiger partial charge in [0, 0.05) is 36.6 Å². The lowest BCUT2D eigenvalue weighted by atomic mass is 9.66. The second-order valence-corrected chi connectivity index (χ2v) is 13.3. The fourth-order valence-corrected chi connectivity index (χ4v) is 9.49. The number of ether oxygens (including phenoxy) is 2. The van der Waals surface area contributed by atoms with Crippen LogP contribution in [0, 0.1) is 11.8 Å². The molecule has 2 bridgehead atoms. The lowest BCUT2D eigenvalue weighted by Crippen LogP contribution is -2.57. The van der Waals surface area contributed by atoms with Gasteiger partial charge in [0.2, 0.25) is 17.7 Å². The molecule has 4 aliphatic rings. The lowest BCUT2D eigenvalue weighted by molar-refractivity contribution is -0.142. The highest BCUT2D eigenvalue weighted by Gasteiger charge is 2.77. The number of hydrogen-bond acceptors (Lipinski definition) is 8. The molecule has 6 atom stereocenters. The number of rotatable bonds is 11. The van der Waals surface area contributed by atoms with E-state index < -0.39 is 33.4 Å². The summed E-state index contributed by atoms with van der Waals surface area (Å²) in [6, 6.07) is 6.00. The Morgan fingerprint density at radius 1 is 1.18 bits per heavy atom. The van der Waals surface area contributed by atoms with Crippen LogP contribution in [0.5, 0.6) is 5.75 Å². The zero-order valence-electron chi connectivity index (χ0n) is 23.7. The predicted octanol–water partition coefficient (Wildman–Crippen LogP) is 1.72. The van der Waals surface area contributed by atoms with Gasteiger partial charge in [0.25, 0.3) is 0 Å². The number of thioether (sulfide) groups is 1. The first-order chi connectivity index (χ1) is 19.3. The van der Waals surface area contributed by atoms with Crippen LogP contribution in [0.3, 0.4) is 0 Å². The highest BCUT2D eigenvalue weighted by molar-refractivity contribution is 8.02. The molecule has 0 aliphatic carbocycles. The van der Waals surface area contributed by atoms with Crippen molar-refractivity contribution in [2.75, 3.05) is 57.9 Å². The third kappa shape index (κ3) is 5.10. The average Bonchev–Trinajstić information content (AvgIpc) is 3.52. The molecule has 3 amide bonds. The Kier molecular flexibility index (Phi) is 8.66. The first-order valence-electron chi connectivity index (χ1n) is 14.5. The number of aliphatic hydroxyl groups excluding tert-OH is 1. The van der Waals surface area contributed by atoms with Gasteiger partial charge in [-0.25, -0.2) is 0 Å². The quantitative estimate of drug-likeness (QED) is 0.366. The minimum Gasteiger partial charge on any atom is -0.494 e. The maximum absolute atomic E-state index is 14.2. The minimum atomic E-state index is -0.734. The molecule has 0 radical (unpaired) electrons. The molecule has 4 saturated heterocycles. The highest BCUT2D eigenvalue weighted by Crippen LogP contribution is 2.71. The SMILES string of the molecule is CCOc1ccc(NC(=O)[C@@H]2[C@H]3C(=O)N([C@@H](CC)CO)C(C(=O)NCCN4CCOCC4)C34CC[C@@]2(C)S4)cc1. The number of likely N-dealkylation sites (tertiary alicyclic amines) is 1. The van der Waals surface area contributed by atoms with Gasteiger partial charge in [-0.1, -0.05) is 6.92 Å². The Bertz CT molecular complexity index is 1090.